The van der Waals surface area contributed by atoms with Gasteiger partial charge in [0.1, 0.15) is 6.61 Å². The largest absolute Gasteiger partial charge is 0.469 e. The van der Waals surface area contributed by atoms with E-state index in [1.54, 1.807) is 0 Å². The van der Waals surface area contributed by atoms with Crippen molar-refractivity contribution in [1.82, 2.24) is 0 Å². The Balaban J connectivity index is 2.16. The fraction of sp³-hybridized carbons (Fsp3) is 0.657. The van der Waals surface area contributed by atoms with E-state index in [1.807, 2.05) is 12.2 Å². The molecule has 0 aromatic carbocycles. The van der Waals surface area contributed by atoms with Gasteiger partial charge in [0.05, 0.1) is 18.8 Å². The van der Waals surface area contributed by atoms with Crippen LogP contribution in [0, 0.1) is 0 Å². The molecule has 0 saturated carbocycles. The van der Waals surface area contributed by atoms with Crippen LogP contribution in [0.3, 0.4) is 0 Å². The lowest BCUT2D eigenvalue weighted by Gasteiger charge is -2.18. The quantitative estimate of drug-likeness (QED) is 0.0281. The summed E-state index contributed by atoms with van der Waals surface area (Å²) in [6.45, 7) is 3.40. The highest BCUT2D eigenvalue weighted by molar-refractivity contribution is 7.46. The van der Waals surface area contributed by atoms with Crippen molar-refractivity contribution in [2.45, 2.75) is 135 Å². The summed E-state index contributed by atoms with van der Waals surface area (Å²) in [7, 11) is -4.76. The molecular formula is C35H57O9P. The van der Waals surface area contributed by atoms with Gasteiger partial charge in [0, 0.05) is 12.8 Å². The molecule has 2 unspecified atom stereocenters. The highest BCUT2D eigenvalue weighted by Gasteiger charge is 2.35. The van der Waals surface area contributed by atoms with Gasteiger partial charge in [-0.3, -0.25) is 14.1 Å². The van der Waals surface area contributed by atoms with Crippen LogP contribution in [-0.2, 0) is 32.9 Å². The third-order valence-corrected chi connectivity index (χ3v) is 7.45. The van der Waals surface area contributed by atoms with Gasteiger partial charge in [-0.25, -0.2) is 4.57 Å². The lowest BCUT2D eigenvalue weighted by Crippen LogP contribution is -2.29. The van der Waals surface area contributed by atoms with Gasteiger partial charge in [0.15, 0.2) is 6.10 Å². The standard InChI is InChI=1S/C35H57O9P/c1-3-5-7-8-15-20-24-28-35(37)43-31(30-42-45(38,39)40)29-41-34(36)27-23-19-17-14-12-10-9-11-13-16-18-22-26-33-32(44-33)25-21-6-4-2/h6,10-13,17-19,21-22,31-33H,3-5,7-9,14-16,20,23-30H2,1-2H3,(H2,38,39,40)/b12-10-,13-11-,19-17-,21-6-,22-18-/t31-,32?,33?/m1/s1. The first-order valence-electron chi connectivity index (χ1n) is 16.7. The number of esters is 2. The number of epoxide rings is 1. The molecule has 0 spiro atoms. The lowest BCUT2D eigenvalue weighted by atomic mass is 10.1. The highest BCUT2D eigenvalue weighted by atomic mass is 31.2. The minimum absolute atomic E-state index is 0.137. The summed E-state index contributed by atoms with van der Waals surface area (Å²) in [6.07, 6.45) is 34.5. The van der Waals surface area contributed by atoms with Crippen LogP contribution in [0.1, 0.15) is 117 Å². The Morgan fingerprint density at radius 3 is 1.87 bits per heavy atom. The number of phosphoric acid groups is 1. The van der Waals surface area contributed by atoms with Gasteiger partial charge in [-0.15, -0.1) is 0 Å². The van der Waals surface area contributed by atoms with Crippen molar-refractivity contribution < 1.29 is 42.7 Å². The van der Waals surface area contributed by atoms with Gasteiger partial charge < -0.3 is 24.0 Å². The number of ether oxygens (including phenoxy) is 3. The fourth-order valence-corrected chi connectivity index (χ4v) is 4.74. The minimum Gasteiger partial charge on any atom is -0.462 e. The topological polar surface area (TPSA) is 132 Å². The zero-order valence-corrected chi connectivity index (χ0v) is 28.3. The van der Waals surface area contributed by atoms with E-state index in [-0.39, 0.29) is 19.4 Å². The van der Waals surface area contributed by atoms with Crippen molar-refractivity contribution in [1.29, 1.82) is 0 Å². The molecule has 1 heterocycles. The van der Waals surface area contributed by atoms with Gasteiger partial charge in [-0.2, -0.15) is 0 Å². The monoisotopic (exact) mass is 652 g/mol. The summed E-state index contributed by atoms with van der Waals surface area (Å²) >= 11 is 0. The van der Waals surface area contributed by atoms with Gasteiger partial charge in [0.25, 0.3) is 0 Å². The molecule has 2 N–H and O–H groups in total. The summed E-state index contributed by atoms with van der Waals surface area (Å²) in [5, 5.41) is 0. The molecule has 0 bridgehead atoms. The average molecular weight is 653 g/mol. The molecule has 0 aromatic rings. The Morgan fingerprint density at radius 1 is 0.711 bits per heavy atom. The molecule has 0 amide bonds. The normalized spacial score (nSPS) is 17.8. The summed E-state index contributed by atoms with van der Waals surface area (Å²) in [5.41, 5.74) is 0. The van der Waals surface area contributed by atoms with E-state index in [0.717, 1.165) is 57.8 Å². The van der Waals surface area contributed by atoms with E-state index in [9.17, 15) is 14.2 Å². The van der Waals surface area contributed by atoms with Gasteiger partial charge in [-0.1, -0.05) is 113 Å². The maximum Gasteiger partial charge on any atom is 0.469 e. The van der Waals surface area contributed by atoms with Crippen molar-refractivity contribution in [2.24, 2.45) is 0 Å². The Bertz CT molecular complexity index is 980. The Labute approximate surface area is 271 Å². The second-order valence-corrected chi connectivity index (χ2v) is 12.4. The molecule has 1 saturated heterocycles. The number of hydrogen-bond acceptors (Lipinski definition) is 7. The molecule has 256 valence electrons. The van der Waals surface area contributed by atoms with Crippen molar-refractivity contribution >= 4 is 19.8 Å². The third kappa shape index (κ3) is 26.6. The minimum atomic E-state index is -4.76. The first-order chi connectivity index (χ1) is 21.7. The molecule has 45 heavy (non-hydrogen) atoms. The van der Waals surface area contributed by atoms with E-state index in [0.29, 0.717) is 25.0 Å². The summed E-state index contributed by atoms with van der Waals surface area (Å²) in [4.78, 5) is 42.3. The van der Waals surface area contributed by atoms with Crippen molar-refractivity contribution in [3.05, 3.63) is 60.8 Å². The van der Waals surface area contributed by atoms with Gasteiger partial charge in [-0.05, 0) is 51.4 Å². The lowest BCUT2D eigenvalue weighted by molar-refractivity contribution is -0.161. The predicted molar refractivity (Wildman–Crippen MR) is 178 cm³/mol. The van der Waals surface area contributed by atoms with E-state index in [4.69, 9.17) is 24.0 Å². The number of rotatable bonds is 28. The van der Waals surface area contributed by atoms with Crippen LogP contribution in [0.15, 0.2) is 60.8 Å². The van der Waals surface area contributed by atoms with E-state index in [2.05, 4.69) is 67.0 Å². The molecule has 0 aliphatic carbocycles. The SMILES string of the molecule is CC/C=C\CC1OC1C/C=C\C/C=C\C/C=C\C/C=C\CCC(=O)OC[C@H](COP(=O)(O)O)OC(=O)CCCCCCCCC. The van der Waals surface area contributed by atoms with Crippen molar-refractivity contribution in [3.8, 4) is 0 Å². The van der Waals surface area contributed by atoms with Gasteiger partial charge >= 0.3 is 19.8 Å². The zero-order chi connectivity index (χ0) is 33.0. The fourth-order valence-electron chi connectivity index (χ4n) is 4.38. The van der Waals surface area contributed by atoms with Crippen LogP contribution in [0.2, 0.25) is 0 Å². The zero-order valence-electron chi connectivity index (χ0n) is 27.4. The average Bonchev–Trinajstić information content (AvgIpc) is 3.75. The molecule has 1 fully saturated rings. The smallest absolute Gasteiger partial charge is 0.462 e. The number of allylic oxidation sites excluding steroid dienone is 8. The molecule has 9 nitrogen and oxygen atoms in total. The summed E-state index contributed by atoms with van der Waals surface area (Å²) in [5.74, 6) is -1.00. The molecule has 3 atom stereocenters. The molecule has 10 heteroatoms. The molecule has 0 radical (unpaired) electrons. The maximum absolute atomic E-state index is 12.2. The first-order valence-corrected chi connectivity index (χ1v) is 18.2. The summed E-state index contributed by atoms with van der Waals surface area (Å²) < 4.78 is 31.7. The van der Waals surface area contributed by atoms with Crippen LogP contribution in [-0.4, -0.2) is 53.3 Å². The van der Waals surface area contributed by atoms with Crippen LogP contribution in [0.5, 0.6) is 0 Å². The third-order valence-electron chi connectivity index (χ3n) is 6.97. The van der Waals surface area contributed by atoms with Crippen molar-refractivity contribution in [3.63, 3.8) is 0 Å². The number of carbonyl (C=O) groups is 2. The van der Waals surface area contributed by atoms with Crippen LogP contribution < -0.4 is 0 Å². The van der Waals surface area contributed by atoms with Crippen molar-refractivity contribution in [2.75, 3.05) is 13.2 Å². The molecule has 1 aliphatic rings. The highest BCUT2D eigenvalue weighted by Crippen LogP contribution is 2.36. The van der Waals surface area contributed by atoms with Crippen LogP contribution in [0.25, 0.3) is 0 Å². The molecule has 0 aromatic heterocycles. The number of hydrogen-bond donors (Lipinski definition) is 2. The van der Waals surface area contributed by atoms with Crippen LogP contribution in [0.4, 0.5) is 0 Å². The maximum atomic E-state index is 12.2. The summed E-state index contributed by atoms with van der Waals surface area (Å²) in [6, 6.07) is 0. The Hall–Kier alpha value is -2.29. The van der Waals surface area contributed by atoms with E-state index < -0.39 is 32.5 Å². The van der Waals surface area contributed by atoms with Gasteiger partial charge in [0.2, 0.25) is 0 Å². The first kappa shape index (κ1) is 40.7. The second-order valence-electron chi connectivity index (χ2n) is 11.1. The van der Waals surface area contributed by atoms with E-state index >= 15 is 0 Å². The molecular weight excluding hydrogens is 595 g/mol. The molecule has 1 aliphatic heterocycles. The number of phosphoric ester groups is 1. The Morgan fingerprint density at radius 2 is 1.27 bits per heavy atom. The van der Waals surface area contributed by atoms with Crippen LogP contribution >= 0.6 is 7.82 Å². The second kappa shape index (κ2) is 26.9. The predicted octanol–water partition coefficient (Wildman–Crippen LogP) is 8.38. The van der Waals surface area contributed by atoms with E-state index in [1.165, 1.54) is 19.3 Å². The molecule has 1 rings (SSSR count). The Kier molecular flexibility index (Phi) is 24.3. The number of carbonyl (C=O) groups excluding carboxylic acids is 2. The number of unbranched alkanes of at least 4 members (excludes halogenated alkanes) is 6.